The second kappa shape index (κ2) is 7.57. The fourth-order valence-electron chi connectivity index (χ4n) is 2.21. The monoisotopic (exact) mass is 284 g/mol. The maximum atomic E-state index is 12.3. The summed E-state index contributed by atoms with van der Waals surface area (Å²) in [4.78, 5) is 18.4. The molecule has 0 N–H and O–H groups in total. The number of carbonyl (C=O) groups is 1. The Hall–Kier alpha value is -0.980. The SMILES string of the molecule is COCCC1COCCN1C(=O)CCc1nccs1. The number of methoxy groups -OCH3 is 1. The van der Waals surface area contributed by atoms with E-state index in [9.17, 15) is 4.79 Å². The molecule has 0 spiro atoms. The molecule has 0 aromatic carbocycles. The van der Waals surface area contributed by atoms with Crippen LogP contribution in [0.15, 0.2) is 11.6 Å². The zero-order valence-electron chi connectivity index (χ0n) is 11.2. The minimum absolute atomic E-state index is 0.150. The first kappa shape index (κ1) is 14.4. The van der Waals surface area contributed by atoms with Crippen LogP contribution in [0.5, 0.6) is 0 Å². The first-order valence-corrected chi connectivity index (χ1v) is 7.43. The summed E-state index contributed by atoms with van der Waals surface area (Å²) in [6.45, 7) is 2.59. The van der Waals surface area contributed by atoms with Crippen molar-refractivity contribution in [3.05, 3.63) is 16.6 Å². The van der Waals surface area contributed by atoms with E-state index in [1.807, 2.05) is 10.3 Å². The normalized spacial score (nSPS) is 19.6. The molecule has 1 aliphatic heterocycles. The van der Waals surface area contributed by atoms with Gasteiger partial charge in [-0.1, -0.05) is 0 Å². The Morgan fingerprint density at radius 3 is 3.32 bits per heavy atom. The molecule has 1 saturated heterocycles. The smallest absolute Gasteiger partial charge is 0.223 e. The van der Waals surface area contributed by atoms with E-state index >= 15 is 0 Å². The molecule has 2 rings (SSSR count). The van der Waals surface area contributed by atoms with Gasteiger partial charge in [0.1, 0.15) is 0 Å². The fraction of sp³-hybridized carbons (Fsp3) is 0.692. The van der Waals surface area contributed by atoms with E-state index in [0.717, 1.165) is 17.8 Å². The number of ether oxygens (including phenoxy) is 2. The Balaban J connectivity index is 1.84. The van der Waals surface area contributed by atoms with E-state index in [1.54, 1.807) is 24.6 Å². The quantitative estimate of drug-likeness (QED) is 0.791. The Kier molecular flexibility index (Phi) is 5.75. The first-order valence-electron chi connectivity index (χ1n) is 6.56. The van der Waals surface area contributed by atoms with Crippen molar-refractivity contribution in [3.63, 3.8) is 0 Å². The van der Waals surface area contributed by atoms with Gasteiger partial charge in [-0.2, -0.15) is 0 Å². The summed E-state index contributed by atoms with van der Waals surface area (Å²) in [5.74, 6) is 0.194. The molecule has 1 unspecified atom stereocenters. The lowest BCUT2D eigenvalue weighted by atomic mass is 10.1. The summed E-state index contributed by atoms with van der Waals surface area (Å²) in [7, 11) is 1.68. The molecule has 0 bridgehead atoms. The van der Waals surface area contributed by atoms with Gasteiger partial charge in [-0.3, -0.25) is 4.79 Å². The predicted octanol–water partition coefficient (Wildman–Crippen LogP) is 1.34. The van der Waals surface area contributed by atoms with Gasteiger partial charge in [0.25, 0.3) is 0 Å². The van der Waals surface area contributed by atoms with E-state index in [4.69, 9.17) is 9.47 Å². The largest absolute Gasteiger partial charge is 0.385 e. The lowest BCUT2D eigenvalue weighted by Gasteiger charge is -2.35. The van der Waals surface area contributed by atoms with Gasteiger partial charge in [-0.15, -0.1) is 11.3 Å². The molecule has 1 aliphatic rings. The van der Waals surface area contributed by atoms with Crippen molar-refractivity contribution in [1.29, 1.82) is 0 Å². The molecule has 5 nitrogen and oxygen atoms in total. The fourth-order valence-corrected chi connectivity index (χ4v) is 2.83. The van der Waals surface area contributed by atoms with E-state index in [1.165, 1.54) is 0 Å². The van der Waals surface area contributed by atoms with Crippen molar-refractivity contribution in [2.24, 2.45) is 0 Å². The third kappa shape index (κ3) is 4.26. The number of amides is 1. The zero-order valence-corrected chi connectivity index (χ0v) is 12.0. The molecule has 1 aromatic rings. The zero-order chi connectivity index (χ0) is 13.5. The van der Waals surface area contributed by atoms with Gasteiger partial charge in [0.2, 0.25) is 5.91 Å². The highest BCUT2D eigenvalue weighted by molar-refractivity contribution is 7.09. The van der Waals surface area contributed by atoms with Gasteiger partial charge >= 0.3 is 0 Å². The molecular formula is C13H20N2O3S. The molecule has 106 valence electrons. The summed E-state index contributed by atoms with van der Waals surface area (Å²) < 4.78 is 10.5. The van der Waals surface area contributed by atoms with Crippen molar-refractivity contribution < 1.29 is 14.3 Å². The van der Waals surface area contributed by atoms with Gasteiger partial charge in [0.05, 0.1) is 24.3 Å². The summed E-state index contributed by atoms with van der Waals surface area (Å²) >= 11 is 1.60. The minimum Gasteiger partial charge on any atom is -0.385 e. The molecule has 19 heavy (non-hydrogen) atoms. The average Bonchev–Trinajstić information content (AvgIpc) is 2.96. The topological polar surface area (TPSA) is 51.7 Å². The number of aromatic nitrogens is 1. The molecule has 1 atom stereocenters. The number of carbonyl (C=O) groups excluding carboxylic acids is 1. The first-order chi connectivity index (χ1) is 9.31. The Morgan fingerprint density at radius 1 is 1.68 bits per heavy atom. The second-order valence-corrected chi connectivity index (χ2v) is 5.50. The number of hydrogen-bond acceptors (Lipinski definition) is 5. The highest BCUT2D eigenvalue weighted by atomic mass is 32.1. The van der Waals surface area contributed by atoms with Crippen LogP contribution >= 0.6 is 11.3 Å². The van der Waals surface area contributed by atoms with Crippen LogP contribution in [0.2, 0.25) is 0 Å². The van der Waals surface area contributed by atoms with E-state index in [-0.39, 0.29) is 11.9 Å². The number of morpholine rings is 1. The van der Waals surface area contributed by atoms with Crippen LogP contribution in [0.1, 0.15) is 17.8 Å². The highest BCUT2D eigenvalue weighted by Gasteiger charge is 2.26. The summed E-state index contributed by atoms with van der Waals surface area (Å²) in [6, 6.07) is 0.150. The lowest BCUT2D eigenvalue weighted by molar-refractivity contribution is -0.140. The van der Waals surface area contributed by atoms with Gasteiger partial charge in [0, 0.05) is 44.7 Å². The third-order valence-electron chi connectivity index (χ3n) is 3.24. The number of thiazole rings is 1. The predicted molar refractivity (Wildman–Crippen MR) is 73.2 cm³/mol. The second-order valence-electron chi connectivity index (χ2n) is 4.52. The van der Waals surface area contributed by atoms with Crippen LogP contribution in [0.4, 0.5) is 0 Å². The molecular weight excluding hydrogens is 264 g/mol. The third-order valence-corrected chi connectivity index (χ3v) is 4.08. The van der Waals surface area contributed by atoms with Crippen LogP contribution in [-0.2, 0) is 20.7 Å². The number of aryl methyl sites for hydroxylation is 1. The molecule has 1 aromatic heterocycles. The molecule has 2 heterocycles. The molecule has 1 fully saturated rings. The summed E-state index contributed by atoms with van der Waals surface area (Å²) in [5.41, 5.74) is 0. The number of rotatable bonds is 6. The van der Waals surface area contributed by atoms with Crippen molar-refractivity contribution in [2.75, 3.05) is 33.5 Å². The maximum Gasteiger partial charge on any atom is 0.223 e. The number of nitrogens with zero attached hydrogens (tertiary/aromatic N) is 2. The van der Waals surface area contributed by atoms with Crippen molar-refractivity contribution in [2.45, 2.75) is 25.3 Å². The van der Waals surface area contributed by atoms with Crippen LogP contribution < -0.4 is 0 Å². The van der Waals surface area contributed by atoms with Crippen LogP contribution in [-0.4, -0.2) is 55.3 Å². The van der Waals surface area contributed by atoms with Crippen molar-refractivity contribution in [3.8, 4) is 0 Å². The van der Waals surface area contributed by atoms with Gasteiger partial charge in [0.15, 0.2) is 0 Å². The Morgan fingerprint density at radius 2 is 2.58 bits per heavy atom. The molecule has 0 saturated carbocycles. The van der Waals surface area contributed by atoms with Crippen LogP contribution in [0.25, 0.3) is 0 Å². The van der Waals surface area contributed by atoms with Crippen LogP contribution in [0, 0.1) is 0 Å². The van der Waals surface area contributed by atoms with Gasteiger partial charge in [-0.25, -0.2) is 4.98 Å². The molecule has 1 amide bonds. The Bertz CT molecular complexity index is 383. The average molecular weight is 284 g/mol. The number of hydrogen-bond donors (Lipinski definition) is 0. The summed E-state index contributed by atoms with van der Waals surface area (Å²) in [6.07, 6.45) is 3.86. The molecule has 6 heteroatoms. The molecule has 0 radical (unpaired) electrons. The molecule has 0 aliphatic carbocycles. The summed E-state index contributed by atoms with van der Waals surface area (Å²) in [5, 5.41) is 2.96. The van der Waals surface area contributed by atoms with E-state index in [0.29, 0.717) is 32.8 Å². The highest BCUT2D eigenvalue weighted by Crippen LogP contribution is 2.14. The maximum absolute atomic E-state index is 12.3. The van der Waals surface area contributed by atoms with Gasteiger partial charge in [-0.05, 0) is 6.42 Å². The lowest BCUT2D eigenvalue weighted by Crippen LogP contribution is -2.49. The Labute approximate surface area is 117 Å². The van der Waals surface area contributed by atoms with E-state index in [2.05, 4.69) is 4.98 Å². The van der Waals surface area contributed by atoms with Crippen LogP contribution in [0.3, 0.4) is 0 Å². The van der Waals surface area contributed by atoms with E-state index < -0.39 is 0 Å². The van der Waals surface area contributed by atoms with Crippen molar-refractivity contribution >= 4 is 17.2 Å². The minimum atomic E-state index is 0.150. The van der Waals surface area contributed by atoms with Crippen molar-refractivity contribution in [1.82, 2.24) is 9.88 Å². The standard InChI is InChI=1S/C13H20N2O3S/c1-17-7-4-11-10-18-8-6-15(11)13(16)3-2-12-14-5-9-19-12/h5,9,11H,2-4,6-8,10H2,1H3. The van der Waals surface area contributed by atoms with Gasteiger partial charge < -0.3 is 14.4 Å².